The highest BCUT2D eigenvalue weighted by Gasteiger charge is 2.36. The Bertz CT molecular complexity index is 3200. The predicted molar refractivity (Wildman–Crippen MR) is 259 cm³/mol. The minimum Gasteiger partial charge on any atom is -0.310 e. The van der Waals surface area contributed by atoms with E-state index in [1.165, 1.54) is 88.6 Å². The summed E-state index contributed by atoms with van der Waals surface area (Å²) < 4.78 is 2.40. The number of benzene rings is 9. The largest absolute Gasteiger partial charge is 0.310 e. The molecule has 0 radical (unpaired) electrons. The Morgan fingerprint density at radius 2 is 0.934 bits per heavy atom. The highest BCUT2D eigenvalue weighted by atomic mass is 15.1. The first-order chi connectivity index (χ1) is 29.8. The van der Waals surface area contributed by atoms with E-state index in [0.717, 1.165) is 22.7 Å². The van der Waals surface area contributed by atoms with Gasteiger partial charge in [-0.05, 0) is 136 Å². The molecule has 0 amide bonds. The van der Waals surface area contributed by atoms with Gasteiger partial charge in [0.1, 0.15) is 0 Å². The number of rotatable bonds is 7. The average Bonchev–Trinajstić information content (AvgIpc) is 3.75. The Balaban J connectivity index is 1.11. The fourth-order valence-corrected chi connectivity index (χ4v) is 10.0. The molecule has 0 fully saturated rings. The van der Waals surface area contributed by atoms with Crippen molar-refractivity contribution in [3.05, 3.63) is 229 Å². The third kappa shape index (κ3) is 6.01. The van der Waals surface area contributed by atoms with Crippen LogP contribution in [-0.4, -0.2) is 4.57 Å². The number of hydrogen-bond donors (Lipinski definition) is 0. The number of aryl methyl sites for hydroxylation is 2. The first kappa shape index (κ1) is 36.6. The van der Waals surface area contributed by atoms with Crippen LogP contribution >= 0.6 is 0 Å². The monoisotopic (exact) mass is 782 g/mol. The summed E-state index contributed by atoms with van der Waals surface area (Å²) in [6.07, 6.45) is 0. The van der Waals surface area contributed by atoms with Crippen molar-refractivity contribution in [2.75, 3.05) is 4.90 Å². The average molecular weight is 783 g/mol. The lowest BCUT2D eigenvalue weighted by atomic mass is 9.82. The van der Waals surface area contributed by atoms with E-state index in [-0.39, 0.29) is 5.41 Å². The number of hydrogen-bond acceptors (Lipinski definition) is 1. The van der Waals surface area contributed by atoms with Crippen LogP contribution in [0.1, 0.15) is 36.1 Å². The van der Waals surface area contributed by atoms with Gasteiger partial charge in [0.15, 0.2) is 0 Å². The topological polar surface area (TPSA) is 8.17 Å². The van der Waals surface area contributed by atoms with Crippen LogP contribution in [0.15, 0.2) is 206 Å². The molecule has 292 valence electrons. The predicted octanol–water partition coefficient (Wildman–Crippen LogP) is 16.2. The zero-order valence-electron chi connectivity index (χ0n) is 35.0. The first-order valence-corrected chi connectivity index (χ1v) is 21.3. The normalized spacial score (nSPS) is 12.7. The van der Waals surface area contributed by atoms with Gasteiger partial charge in [-0.1, -0.05) is 159 Å². The van der Waals surface area contributed by atoms with Crippen molar-refractivity contribution in [3.8, 4) is 50.2 Å². The first-order valence-electron chi connectivity index (χ1n) is 21.3. The van der Waals surface area contributed by atoms with Gasteiger partial charge >= 0.3 is 0 Å². The lowest BCUT2D eigenvalue weighted by Gasteiger charge is -2.31. The smallest absolute Gasteiger partial charge is 0.0541 e. The molecular formula is C59H46N2. The second-order valence-corrected chi connectivity index (χ2v) is 17.1. The summed E-state index contributed by atoms with van der Waals surface area (Å²) in [5.74, 6) is 0. The van der Waals surface area contributed by atoms with E-state index >= 15 is 0 Å². The van der Waals surface area contributed by atoms with Gasteiger partial charge in [-0.25, -0.2) is 0 Å². The molecule has 1 heterocycles. The Morgan fingerprint density at radius 1 is 0.393 bits per heavy atom. The van der Waals surface area contributed by atoms with E-state index in [0.29, 0.717) is 0 Å². The summed E-state index contributed by atoms with van der Waals surface area (Å²) in [5.41, 5.74) is 22.0. The molecule has 0 spiro atoms. The molecule has 9 aromatic carbocycles. The molecule has 1 aromatic heterocycles. The van der Waals surface area contributed by atoms with Gasteiger partial charge < -0.3 is 9.47 Å². The molecule has 0 aliphatic heterocycles. The zero-order chi connectivity index (χ0) is 41.2. The Morgan fingerprint density at radius 3 is 1.62 bits per heavy atom. The third-order valence-electron chi connectivity index (χ3n) is 13.1. The minimum atomic E-state index is -0.140. The van der Waals surface area contributed by atoms with Crippen molar-refractivity contribution < 1.29 is 0 Å². The van der Waals surface area contributed by atoms with E-state index in [2.05, 4.69) is 243 Å². The van der Waals surface area contributed by atoms with E-state index in [1.807, 2.05) is 0 Å². The summed E-state index contributed by atoms with van der Waals surface area (Å²) in [7, 11) is 0. The molecule has 0 unspecified atom stereocenters. The standard InChI is InChI=1S/C59H46N2/c1-39-15-14-16-40(2)58(39)52-37-44(43-27-25-42(26-28-43)41-17-6-5-7-18-41)29-36-57(52)60(47-34-35-49-48-19-8-11-22-53(48)59(3,4)54(49)38-47)45-30-32-46(33-31-45)61-55-23-12-9-20-50(55)51-21-10-13-24-56(51)61/h5-38H,1-4H3. The van der Waals surface area contributed by atoms with Crippen LogP contribution in [0, 0.1) is 13.8 Å². The maximum absolute atomic E-state index is 2.48. The summed E-state index contributed by atoms with van der Waals surface area (Å²) in [6.45, 7) is 9.22. The fraction of sp³-hybridized carbons (Fsp3) is 0.0847. The van der Waals surface area contributed by atoms with Gasteiger partial charge in [-0.15, -0.1) is 0 Å². The molecule has 1 aliphatic rings. The van der Waals surface area contributed by atoms with Crippen LogP contribution in [0.4, 0.5) is 17.1 Å². The Kier molecular flexibility index (Phi) is 8.65. The molecule has 1 aliphatic carbocycles. The molecule has 0 bridgehead atoms. The van der Waals surface area contributed by atoms with Crippen molar-refractivity contribution in [2.45, 2.75) is 33.1 Å². The van der Waals surface area contributed by atoms with E-state index in [1.54, 1.807) is 0 Å². The van der Waals surface area contributed by atoms with Gasteiger partial charge in [-0.3, -0.25) is 0 Å². The zero-order valence-corrected chi connectivity index (χ0v) is 35.0. The molecule has 0 saturated heterocycles. The number of anilines is 3. The molecule has 2 nitrogen and oxygen atoms in total. The molecule has 0 N–H and O–H groups in total. The number of para-hydroxylation sites is 2. The second-order valence-electron chi connectivity index (χ2n) is 17.1. The third-order valence-corrected chi connectivity index (χ3v) is 13.1. The maximum Gasteiger partial charge on any atom is 0.0541 e. The molecule has 0 saturated carbocycles. The Hall–Kier alpha value is -7.42. The molecular weight excluding hydrogens is 737 g/mol. The molecule has 0 atom stereocenters. The van der Waals surface area contributed by atoms with E-state index < -0.39 is 0 Å². The highest BCUT2D eigenvalue weighted by molar-refractivity contribution is 6.09. The van der Waals surface area contributed by atoms with Crippen LogP contribution in [0.5, 0.6) is 0 Å². The van der Waals surface area contributed by atoms with Gasteiger partial charge in [0.25, 0.3) is 0 Å². The number of aromatic nitrogens is 1. The lowest BCUT2D eigenvalue weighted by molar-refractivity contribution is 0.660. The second kappa shape index (κ2) is 14.4. The van der Waals surface area contributed by atoms with Crippen LogP contribution in [0.2, 0.25) is 0 Å². The van der Waals surface area contributed by atoms with Gasteiger partial charge in [-0.2, -0.15) is 0 Å². The van der Waals surface area contributed by atoms with Crippen molar-refractivity contribution >= 4 is 38.9 Å². The molecule has 61 heavy (non-hydrogen) atoms. The molecule has 10 aromatic rings. The van der Waals surface area contributed by atoms with Crippen molar-refractivity contribution in [1.82, 2.24) is 4.57 Å². The highest BCUT2D eigenvalue weighted by Crippen LogP contribution is 2.52. The summed E-state index contributed by atoms with van der Waals surface area (Å²) in [5, 5.41) is 2.53. The van der Waals surface area contributed by atoms with Crippen LogP contribution in [0.3, 0.4) is 0 Å². The minimum absolute atomic E-state index is 0.140. The SMILES string of the molecule is Cc1cccc(C)c1-c1cc(-c2ccc(-c3ccccc3)cc2)ccc1N(c1ccc(-n2c3ccccc3c3ccccc32)cc1)c1ccc2c(c1)C(C)(C)c1ccccc1-2. The number of fused-ring (bicyclic) bond motifs is 6. The summed E-state index contributed by atoms with van der Waals surface area (Å²) >= 11 is 0. The van der Waals surface area contributed by atoms with Crippen molar-refractivity contribution in [1.29, 1.82) is 0 Å². The fourth-order valence-electron chi connectivity index (χ4n) is 10.0. The molecule has 2 heteroatoms. The van der Waals surface area contributed by atoms with E-state index in [4.69, 9.17) is 0 Å². The number of nitrogens with zero attached hydrogens (tertiary/aromatic N) is 2. The van der Waals surface area contributed by atoms with Crippen LogP contribution < -0.4 is 4.90 Å². The van der Waals surface area contributed by atoms with E-state index in [9.17, 15) is 0 Å². The quantitative estimate of drug-likeness (QED) is 0.156. The van der Waals surface area contributed by atoms with Crippen LogP contribution in [-0.2, 0) is 5.41 Å². The van der Waals surface area contributed by atoms with Gasteiger partial charge in [0, 0.05) is 38.8 Å². The Labute approximate surface area is 358 Å². The van der Waals surface area contributed by atoms with Gasteiger partial charge in [0.2, 0.25) is 0 Å². The summed E-state index contributed by atoms with van der Waals surface area (Å²) in [4.78, 5) is 2.48. The maximum atomic E-state index is 2.48. The van der Waals surface area contributed by atoms with Crippen molar-refractivity contribution in [2.24, 2.45) is 0 Å². The lowest BCUT2D eigenvalue weighted by Crippen LogP contribution is -2.17. The molecule has 11 rings (SSSR count). The van der Waals surface area contributed by atoms with Crippen molar-refractivity contribution in [3.63, 3.8) is 0 Å². The summed E-state index contributed by atoms with van der Waals surface area (Å²) in [6, 6.07) is 76.0. The van der Waals surface area contributed by atoms with Gasteiger partial charge in [0.05, 0.1) is 16.7 Å². The van der Waals surface area contributed by atoms with Crippen LogP contribution in [0.25, 0.3) is 72.0 Å².